The molecule has 0 bridgehead atoms. The first-order valence-electron chi connectivity index (χ1n) is 8.09. The van der Waals surface area contributed by atoms with Crippen LogP contribution in [-0.2, 0) is 4.79 Å². The highest BCUT2D eigenvalue weighted by Crippen LogP contribution is 2.13. The minimum absolute atomic E-state index is 0.333. The Hall–Kier alpha value is -0.590. The van der Waals surface area contributed by atoms with Crippen LogP contribution in [0.5, 0.6) is 0 Å². The van der Waals surface area contributed by atoms with Crippen LogP contribution < -0.4 is 0 Å². The molecule has 1 aliphatic carbocycles. The smallest absolute Gasteiger partial charge is 0.155 e. The van der Waals surface area contributed by atoms with E-state index in [0.29, 0.717) is 5.78 Å². The highest BCUT2D eigenvalue weighted by Gasteiger charge is 1.98. The van der Waals surface area contributed by atoms with E-state index in [1.54, 1.807) is 0 Å². The maximum absolute atomic E-state index is 11.5. The first-order chi connectivity index (χ1) is 8.89. The van der Waals surface area contributed by atoms with E-state index in [4.69, 9.17) is 0 Å². The molecule has 0 aromatic rings. The van der Waals surface area contributed by atoms with Gasteiger partial charge < -0.3 is 0 Å². The van der Waals surface area contributed by atoms with Gasteiger partial charge in [-0.1, -0.05) is 70.3 Å². The Bertz CT molecular complexity index is 230. The number of ketones is 1. The lowest BCUT2D eigenvalue weighted by atomic mass is 10.0. The molecular formula is C17H30O. The molecule has 18 heavy (non-hydrogen) atoms. The van der Waals surface area contributed by atoms with Crippen molar-refractivity contribution in [1.82, 2.24) is 0 Å². The maximum atomic E-state index is 11.5. The largest absolute Gasteiger partial charge is 0.295 e. The molecule has 0 aromatic carbocycles. The zero-order valence-electron chi connectivity index (χ0n) is 12.0. The summed E-state index contributed by atoms with van der Waals surface area (Å²) in [5.41, 5.74) is 0. The molecule has 1 aliphatic rings. The second kappa shape index (κ2) is 11.5. The van der Waals surface area contributed by atoms with Crippen molar-refractivity contribution >= 4 is 5.78 Å². The van der Waals surface area contributed by atoms with Crippen LogP contribution in [0.4, 0.5) is 0 Å². The van der Waals surface area contributed by atoms with Gasteiger partial charge in [0, 0.05) is 6.42 Å². The predicted molar refractivity (Wildman–Crippen MR) is 78.8 cm³/mol. The molecule has 0 spiro atoms. The Morgan fingerprint density at radius 2 is 1.06 bits per heavy atom. The summed E-state index contributed by atoms with van der Waals surface area (Å²) in [5, 5.41) is 0. The number of allylic oxidation sites excluding steroid dienone is 2. The van der Waals surface area contributed by atoms with Crippen LogP contribution in [0.2, 0.25) is 0 Å². The average Bonchev–Trinajstić information content (AvgIpc) is 2.37. The third-order valence-corrected chi connectivity index (χ3v) is 3.85. The molecule has 1 rings (SSSR count). The number of hydrogen-bond donors (Lipinski definition) is 0. The second-order valence-corrected chi connectivity index (χ2v) is 5.65. The molecule has 1 nitrogen and oxygen atoms in total. The third-order valence-electron chi connectivity index (χ3n) is 3.85. The van der Waals surface area contributed by atoms with Crippen LogP contribution in [-0.4, -0.2) is 5.78 Å². The Kier molecular flexibility index (Phi) is 9.88. The molecule has 104 valence electrons. The zero-order chi connectivity index (χ0) is 12.9. The fourth-order valence-electron chi connectivity index (χ4n) is 2.63. The van der Waals surface area contributed by atoms with Gasteiger partial charge in [0.25, 0.3) is 0 Å². The molecule has 0 aliphatic heterocycles. The number of carbonyl (C=O) groups is 1. The van der Waals surface area contributed by atoms with E-state index in [2.05, 4.69) is 6.08 Å². The molecule has 1 heteroatoms. The van der Waals surface area contributed by atoms with Crippen molar-refractivity contribution in [3.05, 3.63) is 12.2 Å². The van der Waals surface area contributed by atoms with E-state index in [1.807, 2.05) is 6.08 Å². The fourth-order valence-corrected chi connectivity index (χ4v) is 2.63. The molecule has 0 saturated heterocycles. The van der Waals surface area contributed by atoms with Gasteiger partial charge in [-0.05, 0) is 25.3 Å². The van der Waals surface area contributed by atoms with Gasteiger partial charge in [-0.3, -0.25) is 4.79 Å². The number of carbonyl (C=O) groups excluding carboxylic acids is 1. The summed E-state index contributed by atoms with van der Waals surface area (Å²) in [4.78, 5) is 11.5. The van der Waals surface area contributed by atoms with Gasteiger partial charge in [0.1, 0.15) is 0 Å². The highest BCUT2D eigenvalue weighted by molar-refractivity contribution is 5.89. The van der Waals surface area contributed by atoms with Crippen LogP contribution in [0, 0.1) is 0 Å². The first kappa shape index (κ1) is 15.5. The van der Waals surface area contributed by atoms with E-state index in [9.17, 15) is 4.79 Å². The number of rotatable bonds is 0. The van der Waals surface area contributed by atoms with Gasteiger partial charge in [0.2, 0.25) is 0 Å². The first-order valence-corrected chi connectivity index (χ1v) is 8.09. The van der Waals surface area contributed by atoms with Crippen LogP contribution in [0.25, 0.3) is 0 Å². The van der Waals surface area contributed by atoms with E-state index in [0.717, 1.165) is 19.3 Å². The summed E-state index contributed by atoms with van der Waals surface area (Å²) in [6.45, 7) is 0. The lowest BCUT2D eigenvalue weighted by Crippen LogP contribution is -1.92. The lowest BCUT2D eigenvalue weighted by molar-refractivity contribution is -0.114. The molecular weight excluding hydrogens is 220 g/mol. The molecule has 0 saturated carbocycles. The second-order valence-electron chi connectivity index (χ2n) is 5.65. The highest BCUT2D eigenvalue weighted by atomic mass is 16.1. The van der Waals surface area contributed by atoms with Gasteiger partial charge in [-0.15, -0.1) is 0 Å². The molecule has 0 atom stereocenters. The summed E-state index contributed by atoms with van der Waals surface area (Å²) in [6, 6.07) is 0. The minimum Gasteiger partial charge on any atom is -0.295 e. The van der Waals surface area contributed by atoms with Crippen LogP contribution >= 0.6 is 0 Å². The molecule has 0 amide bonds. The molecule has 0 N–H and O–H groups in total. The lowest BCUT2D eigenvalue weighted by Gasteiger charge is -2.02. The van der Waals surface area contributed by atoms with E-state index >= 15 is 0 Å². The Labute approximate surface area is 113 Å². The third kappa shape index (κ3) is 9.44. The summed E-state index contributed by atoms with van der Waals surface area (Å²) >= 11 is 0. The topological polar surface area (TPSA) is 17.1 Å². The van der Waals surface area contributed by atoms with Crippen molar-refractivity contribution in [3.8, 4) is 0 Å². The molecule has 0 heterocycles. The standard InChI is InChI=1S/C17H30O/c18-17-15-13-11-9-7-5-3-1-2-4-6-8-10-12-14-16-17/h13,15H,1-12,14,16H2. The van der Waals surface area contributed by atoms with Crippen molar-refractivity contribution in [3.63, 3.8) is 0 Å². The van der Waals surface area contributed by atoms with Gasteiger partial charge in [-0.2, -0.15) is 0 Å². The van der Waals surface area contributed by atoms with Crippen molar-refractivity contribution in [2.75, 3.05) is 0 Å². The quantitative estimate of drug-likeness (QED) is 0.548. The van der Waals surface area contributed by atoms with Crippen LogP contribution in [0.3, 0.4) is 0 Å². The fraction of sp³-hybridized carbons (Fsp3) is 0.824. The zero-order valence-corrected chi connectivity index (χ0v) is 12.0. The van der Waals surface area contributed by atoms with Crippen molar-refractivity contribution < 1.29 is 4.79 Å². The maximum Gasteiger partial charge on any atom is 0.155 e. The monoisotopic (exact) mass is 250 g/mol. The summed E-state index contributed by atoms with van der Waals surface area (Å²) in [5.74, 6) is 0.333. The van der Waals surface area contributed by atoms with Crippen LogP contribution in [0.15, 0.2) is 12.2 Å². The summed E-state index contributed by atoms with van der Waals surface area (Å²) < 4.78 is 0. The van der Waals surface area contributed by atoms with E-state index < -0.39 is 0 Å². The van der Waals surface area contributed by atoms with Gasteiger partial charge in [0.05, 0.1) is 0 Å². The Morgan fingerprint density at radius 1 is 0.611 bits per heavy atom. The van der Waals surface area contributed by atoms with Crippen LogP contribution in [0.1, 0.15) is 89.9 Å². The SMILES string of the molecule is O=C1C=CCCCCCCCCCCCCCC1. The summed E-state index contributed by atoms with van der Waals surface area (Å²) in [7, 11) is 0. The van der Waals surface area contributed by atoms with Crippen molar-refractivity contribution in [2.45, 2.75) is 89.9 Å². The van der Waals surface area contributed by atoms with Gasteiger partial charge >= 0.3 is 0 Å². The summed E-state index contributed by atoms with van der Waals surface area (Å²) in [6.07, 6.45) is 21.8. The number of hydrogen-bond acceptors (Lipinski definition) is 1. The average molecular weight is 250 g/mol. The Balaban J connectivity index is 2.18. The molecule has 0 radical (unpaired) electrons. The van der Waals surface area contributed by atoms with Crippen molar-refractivity contribution in [1.29, 1.82) is 0 Å². The Morgan fingerprint density at radius 3 is 1.61 bits per heavy atom. The van der Waals surface area contributed by atoms with Gasteiger partial charge in [0.15, 0.2) is 5.78 Å². The predicted octanol–water partition coefficient (Wildman–Crippen LogP) is 5.59. The molecule has 0 aromatic heterocycles. The van der Waals surface area contributed by atoms with Crippen molar-refractivity contribution in [2.24, 2.45) is 0 Å². The minimum atomic E-state index is 0.333. The molecule has 0 fully saturated rings. The van der Waals surface area contributed by atoms with Gasteiger partial charge in [-0.25, -0.2) is 0 Å². The normalized spacial score (nSPS) is 22.6. The van der Waals surface area contributed by atoms with E-state index in [-0.39, 0.29) is 0 Å². The van der Waals surface area contributed by atoms with E-state index in [1.165, 1.54) is 70.6 Å². The molecule has 0 unspecified atom stereocenters.